The largest absolute Gasteiger partial charge is 0.351 e. The van der Waals surface area contributed by atoms with Gasteiger partial charge in [-0.2, -0.15) is 0 Å². The number of anilines is 1. The molecule has 1 amide bonds. The number of fused-ring (bicyclic) bond motifs is 1. The van der Waals surface area contributed by atoms with Crippen molar-refractivity contribution in [2.24, 2.45) is 0 Å². The molecule has 96 valence electrons. The number of nitrogens with one attached hydrogen (secondary N) is 1. The van der Waals surface area contributed by atoms with E-state index < -0.39 is 0 Å². The summed E-state index contributed by atoms with van der Waals surface area (Å²) in [5.41, 5.74) is 3.25. The summed E-state index contributed by atoms with van der Waals surface area (Å²) in [7, 11) is 0. The SMILES string of the molecule is Cc1ccc2sc(NC(=O)c3ccno3)nc2c1C. The lowest BCUT2D eigenvalue weighted by Crippen LogP contribution is -2.10. The van der Waals surface area contributed by atoms with Crippen molar-refractivity contribution in [1.29, 1.82) is 0 Å². The summed E-state index contributed by atoms with van der Waals surface area (Å²) >= 11 is 1.44. The monoisotopic (exact) mass is 273 g/mol. The average Bonchev–Trinajstić information content (AvgIpc) is 3.02. The average molecular weight is 273 g/mol. The number of hydrogen-bond acceptors (Lipinski definition) is 5. The maximum atomic E-state index is 11.8. The van der Waals surface area contributed by atoms with E-state index in [0.29, 0.717) is 5.13 Å². The zero-order chi connectivity index (χ0) is 13.4. The zero-order valence-electron chi connectivity index (χ0n) is 10.4. The zero-order valence-corrected chi connectivity index (χ0v) is 11.2. The molecule has 1 aromatic carbocycles. The molecule has 5 nitrogen and oxygen atoms in total. The van der Waals surface area contributed by atoms with Crippen LogP contribution in [0.25, 0.3) is 10.2 Å². The number of aromatic nitrogens is 2. The van der Waals surface area contributed by atoms with Gasteiger partial charge in [-0.3, -0.25) is 10.1 Å². The summed E-state index contributed by atoms with van der Waals surface area (Å²) in [6.07, 6.45) is 1.43. The maximum absolute atomic E-state index is 11.8. The van der Waals surface area contributed by atoms with Crippen molar-refractivity contribution < 1.29 is 9.32 Å². The topological polar surface area (TPSA) is 68.0 Å². The van der Waals surface area contributed by atoms with Crippen LogP contribution in [-0.2, 0) is 0 Å². The lowest BCUT2D eigenvalue weighted by Gasteiger charge is -1.98. The van der Waals surface area contributed by atoms with Crippen molar-refractivity contribution in [3.05, 3.63) is 41.3 Å². The van der Waals surface area contributed by atoms with E-state index in [0.717, 1.165) is 15.8 Å². The van der Waals surface area contributed by atoms with Gasteiger partial charge in [0.25, 0.3) is 5.91 Å². The van der Waals surface area contributed by atoms with Crippen LogP contribution in [0.4, 0.5) is 5.13 Å². The number of nitrogens with zero attached hydrogens (tertiary/aromatic N) is 2. The molecular formula is C13H11N3O2S. The number of hydrogen-bond donors (Lipinski definition) is 1. The third-order valence-corrected chi connectivity index (χ3v) is 3.90. The Kier molecular flexibility index (Phi) is 2.79. The number of carbonyl (C=O) groups excluding carboxylic acids is 1. The van der Waals surface area contributed by atoms with Gasteiger partial charge in [0.05, 0.1) is 16.4 Å². The van der Waals surface area contributed by atoms with E-state index in [1.165, 1.54) is 29.2 Å². The summed E-state index contributed by atoms with van der Waals surface area (Å²) in [5.74, 6) is -0.168. The lowest BCUT2D eigenvalue weighted by molar-refractivity contribution is 0.0988. The molecule has 0 atom stereocenters. The minimum Gasteiger partial charge on any atom is -0.351 e. The summed E-state index contributed by atoms with van der Waals surface area (Å²) in [5, 5.41) is 6.78. The summed E-state index contributed by atoms with van der Waals surface area (Å²) in [6.45, 7) is 4.07. The van der Waals surface area contributed by atoms with E-state index in [1.807, 2.05) is 19.9 Å². The third kappa shape index (κ3) is 2.10. The molecule has 0 aliphatic rings. The van der Waals surface area contributed by atoms with E-state index in [2.05, 4.69) is 21.5 Å². The van der Waals surface area contributed by atoms with Crippen molar-refractivity contribution in [3.63, 3.8) is 0 Å². The highest BCUT2D eigenvalue weighted by Crippen LogP contribution is 2.29. The Balaban J connectivity index is 1.94. The van der Waals surface area contributed by atoms with Gasteiger partial charge >= 0.3 is 0 Å². The minimum absolute atomic E-state index is 0.173. The molecule has 0 aliphatic carbocycles. The Labute approximate surface area is 113 Å². The first-order valence-electron chi connectivity index (χ1n) is 5.74. The number of thiazole rings is 1. The highest BCUT2D eigenvalue weighted by atomic mass is 32.1. The molecule has 0 aliphatic heterocycles. The van der Waals surface area contributed by atoms with Crippen molar-refractivity contribution >= 4 is 32.6 Å². The molecule has 19 heavy (non-hydrogen) atoms. The predicted molar refractivity (Wildman–Crippen MR) is 73.6 cm³/mol. The molecule has 0 spiro atoms. The number of amides is 1. The van der Waals surface area contributed by atoms with Crippen molar-refractivity contribution in [2.75, 3.05) is 5.32 Å². The van der Waals surface area contributed by atoms with E-state index >= 15 is 0 Å². The molecule has 2 aromatic heterocycles. The second kappa shape index (κ2) is 4.47. The second-order valence-electron chi connectivity index (χ2n) is 4.20. The molecule has 0 unspecified atom stereocenters. The number of rotatable bonds is 2. The van der Waals surface area contributed by atoms with Gasteiger partial charge in [-0.1, -0.05) is 22.6 Å². The van der Waals surface area contributed by atoms with Crippen LogP contribution in [0.3, 0.4) is 0 Å². The predicted octanol–water partition coefficient (Wildman–Crippen LogP) is 3.15. The van der Waals surface area contributed by atoms with Crippen LogP contribution < -0.4 is 5.32 Å². The van der Waals surface area contributed by atoms with Crippen molar-refractivity contribution in [1.82, 2.24) is 10.1 Å². The smallest absolute Gasteiger partial charge is 0.296 e. The Morgan fingerprint density at radius 2 is 2.16 bits per heavy atom. The molecule has 2 heterocycles. The van der Waals surface area contributed by atoms with Gasteiger partial charge in [-0.05, 0) is 31.0 Å². The Bertz CT molecular complexity index is 747. The van der Waals surface area contributed by atoms with Crippen LogP contribution in [0.15, 0.2) is 28.9 Å². The summed E-state index contributed by atoms with van der Waals surface area (Å²) in [6, 6.07) is 5.58. The van der Waals surface area contributed by atoms with Crippen LogP contribution in [-0.4, -0.2) is 16.0 Å². The molecule has 0 radical (unpaired) electrons. The first-order valence-corrected chi connectivity index (χ1v) is 6.55. The highest BCUT2D eigenvalue weighted by molar-refractivity contribution is 7.22. The van der Waals surface area contributed by atoms with Gasteiger partial charge in [-0.15, -0.1) is 0 Å². The van der Waals surface area contributed by atoms with E-state index in [-0.39, 0.29) is 11.7 Å². The van der Waals surface area contributed by atoms with Crippen molar-refractivity contribution in [3.8, 4) is 0 Å². The molecule has 0 saturated carbocycles. The second-order valence-corrected chi connectivity index (χ2v) is 5.23. The fraction of sp³-hybridized carbons (Fsp3) is 0.154. The molecule has 0 saturated heterocycles. The number of aryl methyl sites for hydroxylation is 2. The van der Waals surface area contributed by atoms with Gasteiger partial charge in [-0.25, -0.2) is 4.98 Å². The molecule has 0 bridgehead atoms. The Hall–Kier alpha value is -2.21. The van der Waals surface area contributed by atoms with Crippen molar-refractivity contribution in [2.45, 2.75) is 13.8 Å². The molecule has 0 fully saturated rings. The molecule has 6 heteroatoms. The highest BCUT2D eigenvalue weighted by Gasteiger charge is 2.13. The normalized spacial score (nSPS) is 10.8. The van der Waals surface area contributed by atoms with Gasteiger partial charge in [0.2, 0.25) is 5.76 Å². The number of carbonyl (C=O) groups is 1. The van der Waals surface area contributed by atoms with Gasteiger partial charge in [0.15, 0.2) is 5.13 Å². The van der Waals surface area contributed by atoms with Gasteiger partial charge in [0, 0.05) is 6.07 Å². The Morgan fingerprint density at radius 3 is 2.89 bits per heavy atom. The lowest BCUT2D eigenvalue weighted by atomic mass is 10.1. The van der Waals surface area contributed by atoms with Crippen LogP contribution in [0.5, 0.6) is 0 Å². The standard InChI is InChI=1S/C13H11N3O2S/c1-7-3-4-10-11(8(7)2)15-13(19-10)16-12(17)9-5-6-14-18-9/h3-6H,1-2H3,(H,15,16,17). The maximum Gasteiger partial charge on any atom is 0.296 e. The quantitative estimate of drug-likeness (QED) is 0.778. The Morgan fingerprint density at radius 1 is 1.32 bits per heavy atom. The fourth-order valence-corrected chi connectivity index (χ4v) is 2.69. The van der Waals surface area contributed by atoms with E-state index in [4.69, 9.17) is 4.52 Å². The fourth-order valence-electron chi connectivity index (χ4n) is 1.77. The first-order chi connectivity index (χ1) is 9.15. The minimum atomic E-state index is -0.342. The summed E-state index contributed by atoms with van der Waals surface area (Å²) < 4.78 is 5.85. The first kappa shape index (κ1) is 11.9. The van der Waals surface area contributed by atoms with E-state index in [1.54, 1.807) is 0 Å². The van der Waals surface area contributed by atoms with Crippen LogP contribution in [0, 0.1) is 13.8 Å². The number of benzene rings is 1. The molecular weight excluding hydrogens is 262 g/mol. The van der Waals surface area contributed by atoms with Crippen LogP contribution in [0.1, 0.15) is 21.7 Å². The van der Waals surface area contributed by atoms with Gasteiger partial charge in [0.1, 0.15) is 0 Å². The molecule has 3 aromatic rings. The third-order valence-electron chi connectivity index (χ3n) is 2.97. The molecule has 1 N–H and O–H groups in total. The molecule has 3 rings (SSSR count). The van der Waals surface area contributed by atoms with Crippen LogP contribution >= 0.6 is 11.3 Å². The van der Waals surface area contributed by atoms with E-state index in [9.17, 15) is 4.79 Å². The van der Waals surface area contributed by atoms with Crippen LogP contribution in [0.2, 0.25) is 0 Å². The van der Waals surface area contributed by atoms with Gasteiger partial charge < -0.3 is 4.52 Å². The summed E-state index contributed by atoms with van der Waals surface area (Å²) in [4.78, 5) is 16.3.